The molecule has 2 aromatic heterocycles. The van der Waals surface area contributed by atoms with Crippen LogP contribution in [-0.4, -0.2) is 41.7 Å². The maximum atomic E-state index is 13.5. The number of thiophene rings is 1. The number of rotatable bonds is 8. The summed E-state index contributed by atoms with van der Waals surface area (Å²) >= 11 is 1.20. The molecule has 1 aliphatic rings. The van der Waals surface area contributed by atoms with Gasteiger partial charge in [-0.2, -0.15) is 4.39 Å². The van der Waals surface area contributed by atoms with Crippen LogP contribution < -0.4 is 5.32 Å². The molecule has 1 amide bonds. The number of likely N-dealkylation sites (tertiary alicyclic amines) is 1. The maximum Gasteiger partial charge on any atom is 0.407 e. The molecule has 0 bridgehead atoms. The predicted octanol–water partition coefficient (Wildman–Crippen LogP) is 5.29. The van der Waals surface area contributed by atoms with Crippen molar-refractivity contribution in [3.8, 4) is 0 Å². The first-order valence-corrected chi connectivity index (χ1v) is 11.8. The minimum Gasteiger partial charge on any atom is -0.449 e. The van der Waals surface area contributed by atoms with Gasteiger partial charge in [-0.3, -0.25) is 9.88 Å². The molecule has 0 aliphatic carbocycles. The molecule has 31 heavy (non-hydrogen) atoms. The van der Waals surface area contributed by atoms with Crippen molar-refractivity contribution in [2.24, 2.45) is 5.41 Å². The Morgan fingerprint density at radius 3 is 2.74 bits per heavy atom. The molecule has 0 spiro atoms. The van der Waals surface area contributed by atoms with Crippen molar-refractivity contribution in [1.82, 2.24) is 15.2 Å². The van der Waals surface area contributed by atoms with Crippen LogP contribution in [0.15, 0.2) is 30.5 Å². The quantitative estimate of drug-likeness (QED) is 0.598. The van der Waals surface area contributed by atoms with E-state index in [9.17, 15) is 9.18 Å². The first-order valence-electron chi connectivity index (χ1n) is 11.0. The van der Waals surface area contributed by atoms with Crippen LogP contribution in [0, 0.1) is 17.5 Å². The van der Waals surface area contributed by atoms with E-state index >= 15 is 0 Å². The number of aryl methyl sites for hydroxylation is 2. The van der Waals surface area contributed by atoms with Crippen molar-refractivity contribution in [2.75, 3.05) is 19.7 Å². The highest BCUT2D eigenvalue weighted by Crippen LogP contribution is 2.42. The Morgan fingerprint density at radius 2 is 2.13 bits per heavy atom. The fourth-order valence-corrected chi connectivity index (χ4v) is 4.92. The Morgan fingerprint density at radius 1 is 1.35 bits per heavy atom. The maximum absolute atomic E-state index is 13.5. The average Bonchev–Trinajstić information content (AvgIpc) is 3.32. The van der Waals surface area contributed by atoms with Gasteiger partial charge in [0.15, 0.2) is 5.13 Å². The van der Waals surface area contributed by atoms with Gasteiger partial charge in [-0.15, -0.1) is 11.3 Å². The summed E-state index contributed by atoms with van der Waals surface area (Å²) in [5, 5.41) is 2.65. The molecular weight excluding hydrogens is 413 g/mol. The summed E-state index contributed by atoms with van der Waals surface area (Å²) in [4.78, 5) is 20.1. The Kier molecular flexibility index (Phi) is 7.37. The molecule has 0 aromatic carbocycles. The van der Waals surface area contributed by atoms with Gasteiger partial charge in [0.2, 0.25) is 0 Å². The van der Waals surface area contributed by atoms with Crippen LogP contribution >= 0.6 is 11.3 Å². The van der Waals surface area contributed by atoms with Gasteiger partial charge in [0.1, 0.15) is 6.61 Å². The number of amides is 1. The number of halogens is 1. The van der Waals surface area contributed by atoms with E-state index in [1.807, 2.05) is 39.1 Å². The van der Waals surface area contributed by atoms with Gasteiger partial charge in [-0.1, -0.05) is 6.07 Å². The predicted molar refractivity (Wildman–Crippen MR) is 123 cm³/mol. The second-order valence-corrected chi connectivity index (χ2v) is 10.6. The van der Waals surface area contributed by atoms with Crippen molar-refractivity contribution >= 4 is 17.4 Å². The van der Waals surface area contributed by atoms with Gasteiger partial charge < -0.3 is 10.1 Å². The third kappa shape index (κ3) is 6.04. The fraction of sp³-hybridized carbons (Fsp3) is 0.583. The zero-order valence-corrected chi connectivity index (χ0v) is 20.0. The molecule has 3 rings (SSSR count). The molecule has 1 saturated heterocycles. The van der Waals surface area contributed by atoms with Crippen LogP contribution in [0.3, 0.4) is 0 Å². The molecule has 1 N–H and O–H groups in total. The lowest BCUT2D eigenvalue weighted by molar-refractivity contribution is 0.0638. The Labute approximate surface area is 189 Å². The zero-order chi connectivity index (χ0) is 22.6. The van der Waals surface area contributed by atoms with E-state index in [0.717, 1.165) is 42.9 Å². The highest BCUT2D eigenvalue weighted by molar-refractivity contribution is 7.10. The van der Waals surface area contributed by atoms with E-state index in [1.165, 1.54) is 23.0 Å². The third-order valence-corrected chi connectivity index (χ3v) is 7.23. The fourth-order valence-electron chi connectivity index (χ4n) is 4.19. The van der Waals surface area contributed by atoms with Gasteiger partial charge >= 0.3 is 6.09 Å². The molecule has 3 heterocycles. The molecular formula is C24H34FN3O2S. The lowest BCUT2D eigenvalue weighted by Crippen LogP contribution is -2.43. The number of aromatic nitrogens is 1. The minimum absolute atomic E-state index is 0.0330. The monoisotopic (exact) mass is 447 g/mol. The molecule has 7 heteroatoms. The summed E-state index contributed by atoms with van der Waals surface area (Å²) in [6, 6.07) is 7.60. The van der Waals surface area contributed by atoms with Gasteiger partial charge in [-0.25, -0.2) is 4.79 Å². The Balaban J connectivity index is 1.74. The molecule has 2 aromatic rings. The number of nitrogens with one attached hydrogen (secondary N) is 1. The van der Waals surface area contributed by atoms with Crippen molar-refractivity contribution in [1.29, 1.82) is 0 Å². The highest BCUT2D eigenvalue weighted by atomic mass is 32.1. The number of hydrogen-bond donors (Lipinski definition) is 1. The van der Waals surface area contributed by atoms with Gasteiger partial charge in [-0.05, 0) is 84.2 Å². The van der Waals surface area contributed by atoms with Crippen molar-refractivity contribution < 1.29 is 13.9 Å². The summed E-state index contributed by atoms with van der Waals surface area (Å²) in [6.45, 7) is 12.3. The van der Waals surface area contributed by atoms with E-state index in [0.29, 0.717) is 6.61 Å². The molecule has 0 unspecified atom stereocenters. The number of hydrogen-bond acceptors (Lipinski definition) is 5. The molecule has 1 atom stereocenters. The van der Waals surface area contributed by atoms with E-state index in [-0.39, 0.29) is 28.2 Å². The second-order valence-electron chi connectivity index (χ2n) is 9.50. The van der Waals surface area contributed by atoms with E-state index in [4.69, 9.17) is 4.74 Å². The minimum atomic E-state index is -0.378. The normalized spacial score (nSPS) is 19.7. The van der Waals surface area contributed by atoms with Gasteiger partial charge in [0, 0.05) is 40.3 Å². The van der Waals surface area contributed by atoms with Crippen molar-refractivity contribution in [3.63, 3.8) is 0 Å². The van der Waals surface area contributed by atoms with E-state index < -0.39 is 0 Å². The lowest BCUT2D eigenvalue weighted by Gasteiger charge is -2.38. The topological polar surface area (TPSA) is 54.5 Å². The summed E-state index contributed by atoms with van der Waals surface area (Å²) in [5.74, 6) is 0. The standard InChI is InChI=1S/C24H34FN3O2S/c1-17(2)27-22(29)30-16-24(11-10-20-8-9-21(25)31-20)12-13-28(15-24)23(4,5)19-7-6-18(3)26-14-19/h6-9,14,17H,10-13,15-16H2,1-5H3,(H,27,29)/t24-/m1/s1. The first kappa shape index (κ1) is 23.7. The summed E-state index contributed by atoms with van der Waals surface area (Å²) in [7, 11) is 0. The molecule has 0 saturated carbocycles. The van der Waals surface area contributed by atoms with Gasteiger partial charge in [0.25, 0.3) is 0 Å². The van der Waals surface area contributed by atoms with Crippen LogP contribution in [0.1, 0.15) is 56.7 Å². The van der Waals surface area contributed by atoms with Crippen molar-refractivity contribution in [2.45, 2.75) is 65.5 Å². The molecule has 5 nitrogen and oxygen atoms in total. The van der Waals surface area contributed by atoms with E-state index in [2.05, 4.69) is 35.1 Å². The molecule has 170 valence electrons. The number of carbonyl (C=O) groups is 1. The molecule has 0 radical (unpaired) electrons. The highest BCUT2D eigenvalue weighted by Gasteiger charge is 2.44. The van der Waals surface area contributed by atoms with Crippen LogP contribution in [-0.2, 0) is 16.7 Å². The van der Waals surface area contributed by atoms with Crippen molar-refractivity contribution in [3.05, 3.63) is 51.7 Å². The summed E-state index contributed by atoms with van der Waals surface area (Å²) < 4.78 is 19.1. The SMILES string of the molecule is Cc1ccc(C(C)(C)N2CC[C@@](CCc3ccc(F)s3)(COC(=O)NC(C)C)C2)cn1. The number of pyridine rings is 1. The largest absolute Gasteiger partial charge is 0.449 e. The van der Waals surface area contributed by atoms with E-state index in [1.54, 1.807) is 0 Å². The lowest BCUT2D eigenvalue weighted by atomic mass is 9.82. The first-order chi connectivity index (χ1) is 14.6. The average molecular weight is 448 g/mol. The number of nitrogens with zero attached hydrogens (tertiary/aromatic N) is 2. The van der Waals surface area contributed by atoms with Gasteiger partial charge in [0.05, 0.1) is 0 Å². The number of ether oxygens (including phenoxy) is 1. The van der Waals surface area contributed by atoms with Crippen LogP contribution in [0.4, 0.5) is 9.18 Å². The number of carbonyl (C=O) groups excluding carboxylic acids is 1. The Bertz CT molecular complexity index is 881. The van der Waals surface area contributed by atoms with Crippen LogP contribution in [0.2, 0.25) is 0 Å². The smallest absolute Gasteiger partial charge is 0.407 e. The Hall–Kier alpha value is -1.99. The van der Waals surface area contributed by atoms with Crippen LogP contribution in [0.25, 0.3) is 0 Å². The van der Waals surface area contributed by atoms with Crippen LogP contribution in [0.5, 0.6) is 0 Å². The molecule has 1 aliphatic heterocycles. The zero-order valence-electron chi connectivity index (χ0n) is 19.2. The number of alkyl carbamates (subject to hydrolysis) is 1. The summed E-state index contributed by atoms with van der Waals surface area (Å²) in [5.41, 5.74) is 1.83. The summed E-state index contributed by atoms with van der Waals surface area (Å²) in [6.07, 6.45) is 4.14. The molecule has 1 fully saturated rings. The second kappa shape index (κ2) is 9.65. The third-order valence-electron chi connectivity index (χ3n) is 6.29.